The molecule has 4 aromatic carbocycles. The molecule has 1 nitrogen and oxygen atoms in total. The van der Waals surface area contributed by atoms with Gasteiger partial charge in [-0.3, -0.25) is 0 Å². The summed E-state index contributed by atoms with van der Waals surface area (Å²) in [6.45, 7) is 5.22. The lowest BCUT2D eigenvalue weighted by atomic mass is 9.96. The molecule has 0 radical (unpaired) electrons. The molecule has 0 fully saturated rings. The summed E-state index contributed by atoms with van der Waals surface area (Å²) in [7, 11) is 0. The molecule has 0 saturated carbocycles. The average Bonchev–Trinajstić information content (AvgIpc) is 2.72. The Labute approximate surface area is 168 Å². The predicted molar refractivity (Wildman–Crippen MR) is 123 cm³/mol. The van der Waals surface area contributed by atoms with Crippen LogP contribution in [0.3, 0.4) is 0 Å². The quantitative estimate of drug-likeness (QED) is 0.224. The fraction of sp³-hybridized carbons (Fsp3) is 0.333. The van der Waals surface area contributed by atoms with Crippen molar-refractivity contribution < 1.29 is 4.74 Å². The van der Waals surface area contributed by atoms with Gasteiger partial charge in [-0.15, -0.1) is 0 Å². The lowest BCUT2D eigenvalue weighted by Gasteiger charge is -2.11. The van der Waals surface area contributed by atoms with E-state index < -0.39 is 0 Å². The van der Waals surface area contributed by atoms with Crippen molar-refractivity contribution >= 4 is 32.3 Å². The van der Waals surface area contributed by atoms with Crippen LogP contribution in [0.25, 0.3) is 32.3 Å². The Hall–Kier alpha value is -2.54. The lowest BCUT2D eigenvalue weighted by molar-refractivity contribution is 0.305. The van der Waals surface area contributed by atoms with Gasteiger partial charge in [0.05, 0.1) is 6.61 Å². The van der Waals surface area contributed by atoms with Crippen molar-refractivity contribution in [3.05, 3.63) is 66.2 Å². The first kappa shape index (κ1) is 18.8. The van der Waals surface area contributed by atoms with Crippen molar-refractivity contribution in [1.29, 1.82) is 0 Å². The minimum atomic E-state index is 0.815. The van der Waals surface area contributed by atoms with Gasteiger partial charge >= 0.3 is 0 Å². The Morgan fingerprint density at radius 1 is 0.607 bits per heavy atom. The van der Waals surface area contributed by atoms with Gasteiger partial charge in [-0.05, 0) is 57.8 Å². The Bertz CT molecular complexity index is 1090. The summed E-state index contributed by atoms with van der Waals surface area (Å²) < 4.78 is 6.02. The van der Waals surface area contributed by atoms with Crippen molar-refractivity contribution in [1.82, 2.24) is 0 Å². The second kappa shape index (κ2) is 8.65. The molecule has 0 atom stereocenters. The van der Waals surface area contributed by atoms with Gasteiger partial charge in [-0.1, -0.05) is 93.1 Å². The molecular weight excluding hydrogens is 340 g/mol. The van der Waals surface area contributed by atoms with Gasteiger partial charge in [0.15, 0.2) is 0 Å². The van der Waals surface area contributed by atoms with Crippen LogP contribution in [0.4, 0.5) is 0 Å². The smallest absolute Gasteiger partial charge is 0.119 e. The number of hydrogen-bond donors (Lipinski definition) is 0. The van der Waals surface area contributed by atoms with Gasteiger partial charge in [-0.25, -0.2) is 0 Å². The highest BCUT2D eigenvalue weighted by Gasteiger charge is 2.06. The van der Waals surface area contributed by atoms with Crippen LogP contribution in [0.1, 0.15) is 51.0 Å². The normalized spacial score (nSPS) is 11.5. The molecule has 0 saturated heterocycles. The predicted octanol–water partition coefficient (Wildman–Crippen LogP) is 8.19. The standard InChI is InChI=1S/C27H30O/c1-3-4-5-6-7-8-17-28-23-12-16-25-22(19-23)11-15-26-24-13-9-20(2)18-21(24)10-14-27(25)26/h9-16,18-19H,3-8,17H2,1-2H3. The maximum absolute atomic E-state index is 6.02. The third kappa shape index (κ3) is 3.99. The van der Waals surface area contributed by atoms with Crippen molar-refractivity contribution in [3.8, 4) is 5.75 Å². The third-order valence-electron chi connectivity index (χ3n) is 5.73. The lowest BCUT2D eigenvalue weighted by Crippen LogP contribution is -1.97. The topological polar surface area (TPSA) is 9.23 Å². The maximum Gasteiger partial charge on any atom is 0.119 e. The molecule has 0 unspecified atom stereocenters. The number of benzene rings is 4. The molecule has 0 spiro atoms. The molecule has 28 heavy (non-hydrogen) atoms. The number of fused-ring (bicyclic) bond motifs is 5. The molecule has 4 rings (SSSR count). The Balaban J connectivity index is 1.53. The van der Waals surface area contributed by atoms with E-state index in [1.807, 2.05) is 0 Å². The van der Waals surface area contributed by atoms with E-state index in [9.17, 15) is 0 Å². The van der Waals surface area contributed by atoms with Crippen molar-refractivity contribution in [2.75, 3.05) is 6.61 Å². The molecule has 0 aliphatic carbocycles. The average molecular weight is 371 g/mol. The molecule has 0 heterocycles. The largest absolute Gasteiger partial charge is 0.494 e. The van der Waals surface area contributed by atoms with Crippen LogP contribution >= 0.6 is 0 Å². The van der Waals surface area contributed by atoms with Crippen LogP contribution in [0.15, 0.2) is 60.7 Å². The van der Waals surface area contributed by atoms with Crippen molar-refractivity contribution in [3.63, 3.8) is 0 Å². The molecule has 144 valence electrons. The highest BCUT2D eigenvalue weighted by atomic mass is 16.5. The molecule has 0 aliphatic rings. The fourth-order valence-electron chi connectivity index (χ4n) is 4.15. The highest BCUT2D eigenvalue weighted by Crippen LogP contribution is 2.33. The number of rotatable bonds is 8. The monoisotopic (exact) mass is 370 g/mol. The summed E-state index contributed by atoms with van der Waals surface area (Å²) in [6.07, 6.45) is 7.75. The number of hydrogen-bond acceptors (Lipinski definition) is 1. The minimum absolute atomic E-state index is 0.815. The SMILES string of the molecule is CCCCCCCCOc1ccc2c(ccc3c4ccc(C)cc4ccc23)c1. The summed E-state index contributed by atoms with van der Waals surface area (Å²) in [5, 5.41) is 7.83. The zero-order valence-corrected chi connectivity index (χ0v) is 17.1. The van der Waals surface area contributed by atoms with Gasteiger partial charge < -0.3 is 4.74 Å². The molecule has 0 bridgehead atoms. The summed E-state index contributed by atoms with van der Waals surface area (Å²) in [5.74, 6) is 0.983. The minimum Gasteiger partial charge on any atom is -0.494 e. The van der Waals surface area contributed by atoms with Crippen molar-refractivity contribution in [2.24, 2.45) is 0 Å². The van der Waals surface area contributed by atoms with Crippen LogP contribution < -0.4 is 4.74 Å². The first-order valence-corrected chi connectivity index (χ1v) is 10.7. The molecule has 0 aliphatic heterocycles. The van der Waals surface area contributed by atoms with Crippen LogP contribution in [-0.4, -0.2) is 6.61 Å². The van der Waals surface area contributed by atoms with E-state index in [0.29, 0.717) is 0 Å². The van der Waals surface area contributed by atoms with Gasteiger partial charge in [0.25, 0.3) is 0 Å². The summed E-state index contributed by atoms with van der Waals surface area (Å²) in [5.41, 5.74) is 1.31. The van der Waals surface area contributed by atoms with Crippen LogP contribution in [-0.2, 0) is 0 Å². The van der Waals surface area contributed by atoms with Crippen LogP contribution in [0.2, 0.25) is 0 Å². The van der Waals surface area contributed by atoms with E-state index in [4.69, 9.17) is 4.74 Å². The molecular formula is C27H30O. The molecule has 0 amide bonds. The highest BCUT2D eigenvalue weighted by molar-refractivity contribution is 6.17. The fourth-order valence-corrected chi connectivity index (χ4v) is 4.15. The van der Waals surface area contributed by atoms with E-state index in [2.05, 4.69) is 74.5 Å². The maximum atomic E-state index is 6.02. The zero-order valence-electron chi connectivity index (χ0n) is 17.1. The molecule has 0 aromatic heterocycles. The zero-order chi connectivity index (χ0) is 19.3. The van der Waals surface area contributed by atoms with Gasteiger partial charge in [0.2, 0.25) is 0 Å². The van der Waals surface area contributed by atoms with Gasteiger partial charge in [0.1, 0.15) is 5.75 Å². The number of aryl methyl sites for hydroxylation is 1. The van der Waals surface area contributed by atoms with E-state index in [1.165, 1.54) is 70.0 Å². The number of ether oxygens (including phenoxy) is 1. The van der Waals surface area contributed by atoms with E-state index in [0.717, 1.165) is 18.8 Å². The third-order valence-corrected chi connectivity index (χ3v) is 5.73. The summed E-state index contributed by atoms with van der Waals surface area (Å²) in [6, 6.07) is 22.2. The van der Waals surface area contributed by atoms with Gasteiger partial charge in [-0.2, -0.15) is 0 Å². The second-order valence-corrected chi connectivity index (χ2v) is 7.95. The van der Waals surface area contributed by atoms with E-state index >= 15 is 0 Å². The Kier molecular flexibility index (Phi) is 5.81. The van der Waals surface area contributed by atoms with Crippen LogP contribution in [0.5, 0.6) is 5.75 Å². The van der Waals surface area contributed by atoms with E-state index in [1.54, 1.807) is 0 Å². The first-order valence-electron chi connectivity index (χ1n) is 10.7. The van der Waals surface area contributed by atoms with Crippen LogP contribution in [0, 0.1) is 6.92 Å². The summed E-state index contributed by atoms with van der Waals surface area (Å²) in [4.78, 5) is 0. The Morgan fingerprint density at radius 3 is 1.96 bits per heavy atom. The van der Waals surface area contributed by atoms with Crippen molar-refractivity contribution in [2.45, 2.75) is 52.4 Å². The first-order chi connectivity index (χ1) is 13.8. The molecule has 1 heteroatoms. The van der Waals surface area contributed by atoms with E-state index in [-0.39, 0.29) is 0 Å². The number of unbranched alkanes of at least 4 members (excludes halogenated alkanes) is 5. The Morgan fingerprint density at radius 2 is 1.21 bits per heavy atom. The van der Waals surface area contributed by atoms with Gasteiger partial charge in [0, 0.05) is 0 Å². The summed E-state index contributed by atoms with van der Waals surface area (Å²) >= 11 is 0. The second-order valence-electron chi connectivity index (χ2n) is 7.95. The molecule has 4 aromatic rings. The molecule has 0 N–H and O–H groups in total.